The maximum atomic E-state index is 6.93. The highest BCUT2D eigenvalue weighted by atomic mass is 35.5. The minimum Gasteiger partial charge on any atom is -0.354 e. The lowest BCUT2D eigenvalue weighted by molar-refractivity contribution is 1.31. The van der Waals surface area contributed by atoms with Gasteiger partial charge in [0.2, 0.25) is 0 Å². The van der Waals surface area contributed by atoms with Gasteiger partial charge in [-0.3, -0.25) is 0 Å². The Kier molecular flexibility index (Phi) is 8.33. The highest BCUT2D eigenvalue weighted by Gasteiger charge is 2.22. The van der Waals surface area contributed by atoms with E-state index >= 15 is 0 Å². The maximum absolute atomic E-state index is 6.93. The van der Waals surface area contributed by atoms with Crippen LogP contribution in [0.4, 0.5) is 0 Å². The number of H-pyrrole nitrogens is 2. The van der Waals surface area contributed by atoms with Gasteiger partial charge < -0.3 is 9.97 Å². The van der Waals surface area contributed by atoms with Gasteiger partial charge in [-0.05, 0) is 84.0 Å². The molecule has 2 aliphatic rings. The molecule has 2 aliphatic heterocycles. The number of nitrogens with one attached hydrogen (secondary N) is 2. The van der Waals surface area contributed by atoms with Crippen molar-refractivity contribution < 1.29 is 0 Å². The van der Waals surface area contributed by atoms with E-state index in [1.807, 2.05) is 109 Å². The zero-order chi connectivity index (χ0) is 35.3. The molecule has 0 fully saturated rings. The van der Waals surface area contributed by atoms with Gasteiger partial charge in [0.1, 0.15) is 0 Å². The van der Waals surface area contributed by atoms with Gasteiger partial charge in [0.25, 0.3) is 0 Å². The molecule has 52 heavy (non-hydrogen) atoms. The first-order valence-electron chi connectivity index (χ1n) is 16.6. The van der Waals surface area contributed by atoms with Crippen molar-refractivity contribution in [2.45, 2.75) is 0 Å². The number of halogens is 4. The van der Waals surface area contributed by atoms with E-state index in [0.717, 1.165) is 78.2 Å². The van der Waals surface area contributed by atoms with Crippen LogP contribution in [0.2, 0.25) is 20.1 Å². The summed E-state index contributed by atoms with van der Waals surface area (Å²) in [5, 5.41) is 2.09. The zero-order valence-corrected chi connectivity index (χ0v) is 30.3. The SMILES string of the molecule is Clc1cccc(Cl)c1-c1c2nc(c(-c3ccccc3)c3ccc([nH]3)c(-c3c(Cl)cccc3Cl)c3nc(c(-c4ccccc4)c4ccc1[nH]4)C=C3)C=C2. The van der Waals surface area contributed by atoms with Gasteiger partial charge in [-0.15, -0.1) is 0 Å². The first-order valence-corrected chi connectivity index (χ1v) is 18.1. The Morgan fingerprint density at radius 2 is 0.615 bits per heavy atom. The summed E-state index contributed by atoms with van der Waals surface area (Å²) >= 11 is 27.7. The molecule has 4 aromatic carbocycles. The van der Waals surface area contributed by atoms with E-state index in [2.05, 4.69) is 46.4 Å². The molecule has 0 saturated heterocycles. The Balaban J connectivity index is 1.51. The van der Waals surface area contributed by atoms with Crippen LogP contribution in [0.1, 0.15) is 22.8 Å². The topological polar surface area (TPSA) is 57.4 Å². The number of aromatic nitrogens is 4. The van der Waals surface area contributed by atoms with E-state index in [0.29, 0.717) is 31.2 Å². The summed E-state index contributed by atoms with van der Waals surface area (Å²) in [6, 6.07) is 39.7. The fraction of sp³-hybridized carbons (Fsp3) is 0. The van der Waals surface area contributed by atoms with E-state index in [9.17, 15) is 0 Å². The third-order valence-corrected chi connectivity index (χ3v) is 10.6. The molecule has 9 rings (SSSR count). The molecule has 8 bridgehead atoms. The third kappa shape index (κ3) is 5.65. The Hall–Kier alpha value is -5.36. The van der Waals surface area contributed by atoms with Crippen LogP contribution in [-0.2, 0) is 0 Å². The zero-order valence-electron chi connectivity index (χ0n) is 27.3. The van der Waals surface area contributed by atoms with Crippen molar-refractivity contribution in [3.63, 3.8) is 0 Å². The average molecular weight is 753 g/mol. The molecule has 5 heterocycles. The van der Waals surface area contributed by atoms with Gasteiger partial charge in [-0.25, -0.2) is 9.97 Å². The molecule has 0 saturated carbocycles. The van der Waals surface area contributed by atoms with E-state index in [-0.39, 0.29) is 0 Å². The summed E-state index contributed by atoms with van der Waals surface area (Å²) in [5.41, 5.74) is 13.1. The number of benzene rings is 4. The first kappa shape index (κ1) is 32.5. The predicted octanol–water partition coefficient (Wildman–Crippen LogP) is 13.9. The highest BCUT2D eigenvalue weighted by Crippen LogP contribution is 2.43. The molecule has 0 spiro atoms. The molecular weight excluding hydrogens is 726 g/mol. The molecule has 8 heteroatoms. The number of aromatic amines is 2. The smallest absolute Gasteiger partial charge is 0.0738 e. The fourth-order valence-corrected chi connectivity index (χ4v) is 8.19. The number of nitrogens with zero attached hydrogens (tertiary/aromatic N) is 2. The molecule has 0 radical (unpaired) electrons. The van der Waals surface area contributed by atoms with Crippen molar-refractivity contribution in [3.05, 3.63) is 164 Å². The van der Waals surface area contributed by atoms with Gasteiger partial charge in [0, 0.05) is 55.4 Å². The lowest BCUT2D eigenvalue weighted by Gasteiger charge is -2.10. The Morgan fingerprint density at radius 3 is 0.962 bits per heavy atom. The predicted molar refractivity (Wildman–Crippen MR) is 221 cm³/mol. The van der Waals surface area contributed by atoms with Crippen LogP contribution in [0.15, 0.2) is 121 Å². The van der Waals surface area contributed by atoms with Crippen LogP contribution in [0.25, 0.3) is 90.9 Å². The van der Waals surface area contributed by atoms with Crippen LogP contribution in [0, 0.1) is 0 Å². The molecule has 3 aromatic heterocycles. The molecule has 4 nitrogen and oxygen atoms in total. The third-order valence-electron chi connectivity index (χ3n) is 9.30. The molecule has 0 atom stereocenters. The van der Waals surface area contributed by atoms with E-state index < -0.39 is 0 Å². The lowest BCUT2D eigenvalue weighted by atomic mass is 10.0. The summed E-state index contributed by atoms with van der Waals surface area (Å²) < 4.78 is 0. The first-order chi connectivity index (χ1) is 25.4. The minimum absolute atomic E-state index is 0.523. The molecular formula is C44H26Cl4N4. The molecule has 7 aromatic rings. The quantitative estimate of drug-likeness (QED) is 0.188. The van der Waals surface area contributed by atoms with E-state index in [4.69, 9.17) is 56.4 Å². The van der Waals surface area contributed by atoms with Crippen molar-refractivity contribution in [3.8, 4) is 44.5 Å². The standard InChI is InChI=1S/C44H26Cl4N4/c45-27-13-7-14-28(46)41(27)43-35-21-17-31(49-35)39(25-9-3-1-4-10-25)32-18-22-36(50-32)44(42-29(47)15-8-16-30(42)48)38-24-20-34(52-38)40(26-11-5-2-6-12-26)33-19-23-37(43)51-33/h1-24,49,52H. The van der Waals surface area contributed by atoms with Crippen LogP contribution < -0.4 is 0 Å². The summed E-state index contributed by atoms with van der Waals surface area (Å²) in [6.45, 7) is 0. The Morgan fingerprint density at radius 1 is 0.308 bits per heavy atom. The van der Waals surface area contributed by atoms with Crippen molar-refractivity contribution in [1.29, 1.82) is 0 Å². The molecule has 0 unspecified atom stereocenters. The molecule has 0 aliphatic carbocycles. The van der Waals surface area contributed by atoms with Gasteiger partial charge in [0.05, 0.1) is 42.9 Å². The van der Waals surface area contributed by atoms with Crippen LogP contribution in [-0.4, -0.2) is 19.9 Å². The highest BCUT2D eigenvalue weighted by molar-refractivity contribution is 6.40. The average Bonchev–Trinajstić information content (AvgIpc) is 3.99. The Bertz CT molecular complexity index is 2550. The summed E-state index contributed by atoms with van der Waals surface area (Å²) in [4.78, 5) is 18.0. The van der Waals surface area contributed by atoms with Gasteiger partial charge in [0.15, 0.2) is 0 Å². The summed E-state index contributed by atoms with van der Waals surface area (Å²) in [7, 11) is 0. The number of fused-ring (bicyclic) bond motifs is 8. The Labute approximate surface area is 319 Å². The second-order valence-electron chi connectivity index (χ2n) is 12.4. The van der Waals surface area contributed by atoms with Crippen LogP contribution in [0.3, 0.4) is 0 Å². The normalized spacial score (nSPS) is 12.1. The van der Waals surface area contributed by atoms with Crippen molar-refractivity contribution >= 4 is 92.8 Å². The van der Waals surface area contributed by atoms with Crippen molar-refractivity contribution in [1.82, 2.24) is 19.9 Å². The number of hydrogen-bond donors (Lipinski definition) is 2. The largest absolute Gasteiger partial charge is 0.354 e. The monoisotopic (exact) mass is 750 g/mol. The van der Waals surface area contributed by atoms with Gasteiger partial charge in [-0.2, -0.15) is 0 Å². The van der Waals surface area contributed by atoms with Crippen molar-refractivity contribution in [2.75, 3.05) is 0 Å². The second kappa shape index (κ2) is 13.3. The summed E-state index contributed by atoms with van der Waals surface area (Å²) in [5.74, 6) is 0. The van der Waals surface area contributed by atoms with Crippen LogP contribution >= 0.6 is 46.4 Å². The fourth-order valence-electron chi connectivity index (χ4n) is 7.02. The van der Waals surface area contributed by atoms with E-state index in [1.54, 1.807) is 0 Å². The van der Waals surface area contributed by atoms with Crippen molar-refractivity contribution in [2.24, 2.45) is 0 Å². The van der Waals surface area contributed by atoms with E-state index in [1.165, 1.54) is 0 Å². The number of rotatable bonds is 4. The molecule has 2 N–H and O–H groups in total. The molecule has 250 valence electrons. The van der Waals surface area contributed by atoms with Gasteiger partial charge in [-0.1, -0.05) is 119 Å². The van der Waals surface area contributed by atoms with Crippen LogP contribution in [0.5, 0.6) is 0 Å². The second-order valence-corrected chi connectivity index (χ2v) is 14.1. The maximum Gasteiger partial charge on any atom is 0.0738 e. The summed E-state index contributed by atoms with van der Waals surface area (Å²) in [6.07, 6.45) is 8.10. The number of hydrogen-bond acceptors (Lipinski definition) is 2. The minimum atomic E-state index is 0.523. The lowest BCUT2D eigenvalue weighted by Crippen LogP contribution is -1.91. The molecule has 0 amide bonds. The van der Waals surface area contributed by atoms with Gasteiger partial charge >= 0.3 is 0 Å².